The number of hydrogen-bond donors (Lipinski definition) is 1. The first-order chi connectivity index (χ1) is 8.96. The van der Waals surface area contributed by atoms with Gasteiger partial charge in [0.2, 0.25) is 0 Å². The topological polar surface area (TPSA) is 49.8 Å². The summed E-state index contributed by atoms with van der Waals surface area (Å²) in [4.78, 5) is 14.1. The van der Waals surface area contributed by atoms with Gasteiger partial charge in [-0.05, 0) is 31.5 Å². The van der Waals surface area contributed by atoms with Crippen LogP contribution in [0.2, 0.25) is 0 Å². The van der Waals surface area contributed by atoms with E-state index in [0.29, 0.717) is 31.9 Å². The van der Waals surface area contributed by atoms with Gasteiger partial charge in [-0.1, -0.05) is 12.1 Å². The SMILES string of the molecule is CC(C)(O)[CH]c1cccc(C(=O)N2CCOCC2)c1. The van der Waals surface area contributed by atoms with E-state index in [1.807, 2.05) is 18.2 Å². The lowest BCUT2D eigenvalue weighted by Gasteiger charge is -2.27. The highest BCUT2D eigenvalue weighted by Gasteiger charge is 2.20. The number of benzene rings is 1. The van der Waals surface area contributed by atoms with Gasteiger partial charge in [-0.25, -0.2) is 0 Å². The summed E-state index contributed by atoms with van der Waals surface area (Å²) in [5.74, 6) is 0.0225. The van der Waals surface area contributed by atoms with E-state index in [4.69, 9.17) is 4.74 Å². The third-order valence-electron chi connectivity index (χ3n) is 2.95. The number of carbonyl (C=O) groups excluding carboxylic acids is 1. The molecule has 1 radical (unpaired) electrons. The molecule has 1 amide bonds. The van der Waals surface area contributed by atoms with Gasteiger partial charge in [0, 0.05) is 25.1 Å². The Bertz CT molecular complexity index is 445. The number of hydrogen-bond acceptors (Lipinski definition) is 3. The first-order valence-corrected chi connectivity index (χ1v) is 6.51. The van der Waals surface area contributed by atoms with Crippen molar-refractivity contribution in [1.29, 1.82) is 0 Å². The van der Waals surface area contributed by atoms with Gasteiger partial charge in [0.1, 0.15) is 0 Å². The number of ether oxygens (including phenoxy) is 1. The Hall–Kier alpha value is -1.39. The largest absolute Gasteiger partial charge is 0.390 e. The molecule has 1 aromatic rings. The molecule has 19 heavy (non-hydrogen) atoms. The second kappa shape index (κ2) is 5.72. The lowest BCUT2D eigenvalue weighted by atomic mass is 9.97. The van der Waals surface area contributed by atoms with Crippen LogP contribution in [0.25, 0.3) is 0 Å². The zero-order chi connectivity index (χ0) is 13.9. The summed E-state index contributed by atoms with van der Waals surface area (Å²) in [6.45, 7) is 5.89. The van der Waals surface area contributed by atoms with Gasteiger partial charge in [0.05, 0.1) is 18.8 Å². The Labute approximate surface area is 114 Å². The molecule has 4 heteroatoms. The minimum atomic E-state index is -0.888. The molecule has 0 atom stereocenters. The molecule has 0 spiro atoms. The molecule has 0 unspecified atom stereocenters. The molecule has 103 valence electrons. The van der Waals surface area contributed by atoms with Gasteiger partial charge in [-0.15, -0.1) is 0 Å². The van der Waals surface area contributed by atoms with E-state index in [9.17, 15) is 9.90 Å². The van der Waals surface area contributed by atoms with Crippen molar-refractivity contribution >= 4 is 5.91 Å². The smallest absolute Gasteiger partial charge is 0.254 e. The molecule has 0 bridgehead atoms. The van der Waals surface area contributed by atoms with Crippen LogP contribution in [0, 0.1) is 6.42 Å². The van der Waals surface area contributed by atoms with Gasteiger partial charge in [0.25, 0.3) is 5.91 Å². The van der Waals surface area contributed by atoms with Crippen LogP contribution >= 0.6 is 0 Å². The Morgan fingerprint density at radius 2 is 2.05 bits per heavy atom. The Kier molecular flexibility index (Phi) is 4.22. The third-order valence-corrected chi connectivity index (χ3v) is 2.95. The first-order valence-electron chi connectivity index (χ1n) is 6.51. The molecule has 1 heterocycles. The average molecular weight is 262 g/mol. The predicted molar refractivity (Wildman–Crippen MR) is 72.9 cm³/mol. The summed E-state index contributed by atoms with van der Waals surface area (Å²) in [5, 5.41) is 9.78. The van der Waals surface area contributed by atoms with Gasteiger partial charge >= 0.3 is 0 Å². The van der Waals surface area contributed by atoms with Gasteiger partial charge in [0.15, 0.2) is 0 Å². The van der Waals surface area contributed by atoms with E-state index >= 15 is 0 Å². The van der Waals surface area contributed by atoms with Gasteiger partial charge < -0.3 is 14.7 Å². The van der Waals surface area contributed by atoms with Crippen LogP contribution in [-0.4, -0.2) is 47.8 Å². The van der Waals surface area contributed by atoms with Gasteiger partial charge in [-0.2, -0.15) is 0 Å². The Morgan fingerprint density at radius 3 is 2.68 bits per heavy atom. The molecule has 0 aliphatic carbocycles. The van der Waals surface area contributed by atoms with Crippen molar-refractivity contribution in [2.45, 2.75) is 19.4 Å². The van der Waals surface area contributed by atoms with Crippen LogP contribution in [0.3, 0.4) is 0 Å². The van der Waals surface area contributed by atoms with Crippen LogP contribution < -0.4 is 0 Å². The minimum absolute atomic E-state index is 0.0225. The van der Waals surface area contributed by atoms with Crippen LogP contribution in [0.5, 0.6) is 0 Å². The molecule has 4 nitrogen and oxygen atoms in total. The molecule has 1 aliphatic heterocycles. The molecule has 1 aromatic carbocycles. The van der Waals surface area contributed by atoms with Crippen LogP contribution in [0.4, 0.5) is 0 Å². The van der Waals surface area contributed by atoms with E-state index in [-0.39, 0.29) is 5.91 Å². The number of rotatable bonds is 3. The number of carbonyl (C=O) groups is 1. The van der Waals surface area contributed by atoms with Crippen molar-refractivity contribution in [2.24, 2.45) is 0 Å². The van der Waals surface area contributed by atoms with Crippen molar-refractivity contribution in [3.63, 3.8) is 0 Å². The fourth-order valence-corrected chi connectivity index (χ4v) is 2.12. The highest BCUT2D eigenvalue weighted by molar-refractivity contribution is 5.94. The Balaban J connectivity index is 2.11. The molecule has 1 aliphatic rings. The Morgan fingerprint density at radius 1 is 1.37 bits per heavy atom. The van der Waals surface area contributed by atoms with Crippen molar-refractivity contribution in [3.8, 4) is 0 Å². The fourth-order valence-electron chi connectivity index (χ4n) is 2.12. The van der Waals surface area contributed by atoms with Crippen molar-refractivity contribution in [1.82, 2.24) is 4.90 Å². The molecule has 1 fully saturated rings. The molecular formula is C15H20NO3. The van der Waals surface area contributed by atoms with Crippen LogP contribution in [0.1, 0.15) is 29.8 Å². The third kappa shape index (κ3) is 4.04. The number of morpholine rings is 1. The molecular weight excluding hydrogens is 242 g/mol. The van der Waals surface area contributed by atoms with Crippen molar-refractivity contribution in [3.05, 3.63) is 41.8 Å². The summed E-state index contributed by atoms with van der Waals surface area (Å²) in [5.41, 5.74) is 0.618. The highest BCUT2D eigenvalue weighted by atomic mass is 16.5. The van der Waals surface area contributed by atoms with E-state index in [1.54, 1.807) is 31.2 Å². The number of nitrogens with zero attached hydrogens (tertiary/aromatic N) is 1. The standard InChI is InChI=1S/C15H20NO3/c1-15(2,18)11-12-4-3-5-13(10-12)14(17)16-6-8-19-9-7-16/h3-5,10-11,18H,6-9H2,1-2H3. The number of amides is 1. The summed E-state index contributed by atoms with van der Waals surface area (Å²) in [7, 11) is 0. The zero-order valence-corrected chi connectivity index (χ0v) is 11.4. The highest BCUT2D eigenvalue weighted by Crippen LogP contribution is 2.17. The van der Waals surface area contributed by atoms with E-state index in [2.05, 4.69) is 0 Å². The van der Waals surface area contributed by atoms with Crippen LogP contribution in [0.15, 0.2) is 24.3 Å². The normalized spacial score (nSPS) is 16.5. The van der Waals surface area contributed by atoms with Crippen molar-refractivity contribution in [2.75, 3.05) is 26.3 Å². The summed E-state index contributed by atoms with van der Waals surface area (Å²) >= 11 is 0. The number of aliphatic hydroxyl groups is 1. The summed E-state index contributed by atoms with van der Waals surface area (Å²) < 4.78 is 5.24. The lowest BCUT2D eigenvalue weighted by Crippen LogP contribution is -2.40. The van der Waals surface area contributed by atoms with E-state index in [1.165, 1.54) is 0 Å². The maximum Gasteiger partial charge on any atom is 0.254 e. The quantitative estimate of drug-likeness (QED) is 0.897. The molecule has 1 saturated heterocycles. The van der Waals surface area contributed by atoms with Crippen molar-refractivity contribution < 1.29 is 14.6 Å². The summed E-state index contributed by atoms with van der Waals surface area (Å²) in [6.07, 6.45) is 1.74. The predicted octanol–water partition coefficient (Wildman–Crippen LogP) is 1.48. The average Bonchev–Trinajstić information content (AvgIpc) is 2.37. The fraction of sp³-hybridized carbons (Fsp3) is 0.467. The maximum absolute atomic E-state index is 12.3. The second-order valence-electron chi connectivity index (χ2n) is 5.33. The maximum atomic E-state index is 12.3. The monoisotopic (exact) mass is 262 g/mol. The molecule has 1 N–H and O–H groups in total. The first kappa shape index (κ1) is 14.0. The summed E-state index contributed by atoms with van der Waals surface area (Å²) in [6, 6.07) is 7.34. The minimum Gasteiger partial charge on any atom is -0.390 e. The molecule has 0 aromatic heterocycles. The second-order valence-corrected chi connectivity index (χ2v) is 5.33. The lowest BCUT2D eigenvalue weighted by molar-refractivity contribution is 0.0303. The van der Waals surface area contributed by atoms with Gasteiger partial charge in [-0.3, -0.25) is 4.79 Å². The van der Waals surface area contributed by atoms with E-state index < -0.39 is 5.60 Å². The molecule has 2 rings (SSSR count). The van der Waals surface area contributed by atoms with Crippen LogP contribution in [-0.2, 0) is 4.74 Å². The molecule has 0 saturated carbocycles. The van der Waals surface area contributed by atoms with E-state index in [0.717, 1.165) is 5.56 Å². The zero-order valence-electron chi connectivity index (χ0n) is 11.4.